The van der Waals surface area contributed by atoms with E-state index in [0.29, 0.717) is 6.54 Å². The van der Waals surface area contributed by atoms with E-state index >= 15 is 0 Å². The Hall–Kier alpha value is -2.35. The van der Waals surface area contributed by atoms with Crippen molar-refractivity contribution in [2.45, 2.75) is 70.3 Å². The molecule has 1 saturated heterocycles. The number of rotatable bonds is 5. The van der Waals surface area contributed by atoms with Crippen LogP contribution in [-0.2, 0) is 40.5 Å². The summed E-state index contributed by atoms with van der Waals surface area (Å²) in [5.41, 5.74) is 5.68. The predicted octanol–water partition coefficient (Wildman–Crippen LogP) is 3.03. The fourth-order valence-electron chi connectivity index (χ4n) is 5.29. The van der Waals surface area contributed by atoms with Crippen molar-refractivity contribution in [1.82, 2.24) is 9.62 Å². The number of amides is 3. The van der Waals surface area contributed by atoms with Crippen LogP contribution in [0, 0.1) is 5.92 Å². The second kappa shape index (κ2) is 7.97. The summed E-state index contributed by atoms with van der Waals surface area (Å²) in [5, 5.41) is 3.89. The summed E-state index contributed by atoms with van der Waals surface area (Å²) in [4.78, 5) is 26.7. The molecular formula is C23H29N3O4S. The van der Waals surface area contributed by atoms with E-state index in [4.69, 9.17) is 0 Å². The molecule has 1 aliphatic heterocycles. The van der Waals surface area contributed by atoms with Gasteiger partial charge in [0.05, 0.1) is 6.04 Å². The molecule has 7 nitrogen and oxygen atoms in total. The number of hydrogen-bond acceptors (Lipinski definition) is 4. The van der Waals surface area contributed by atoms with Crippen molar-refractivity contribution < 1.29 is 18.0 Å². The van der Waals surface area contributed by atoms with Gasteiger partial charge in [-0.05, 0) is 92.5 Å². The number of fused-ring (bicyclic) bond motifs is 2. The first-order valence-electron chi connectivity index (χ1n) is 11.4. The lowest BCUT2D eigenvalue weighted by Gasteiger charge is -2.22. The van der Waals surface area contributed by atoms with Crippen molar-refractivity contribution in [3.8, 4) is 0 Å². The number of anilines is 1. The molecule has 8 heteroatoms. The molecule has 0 spiro atoms. The highest BCUT2D eigenvalue weighted by molar-refractivity contribution is 7.92. The molecule has 5 rings (SSSR count). The van der Waals surface area contributed by atoms with E-state index in [1.807, 2.05) is 0 Å². The Labute approximate surface area is 183 Å². The van der Waals surface area contributed by atoms with Gasteiger partial charge in [0.25, 0.3) is 10.0 Å². The normalized spacial score (nSPS) is 22.6. The fraction of sp³-hybridized carbons (Fsp3) is 0.565. The third-order valence-electron chi connectivity index (χ3n) is 6.94. The molecule has 2 fully saturated rings. The average Bonchev–Trinajstić information content (AvgIpc) is 3.11. The van der Waals surface area contributed by atoms with Crippen LogP contribution >= 0.6 is 0 Å². The van der Waals surface area contributed by atoms with Crippen LogP contribution in [0.2, 0.25) is 0 Å². The summed E-state index contributed by atoms with van der Waals surface area (Å²) in [6.07, 6.45) is 11.0. The maximum absolute atomic E-state index is 12.6. The van der Waals surface area contributed by atoms with Crippen LogP contribution in [0.1, 0.15) is 60.8 Å². The molecule has 1 aromatic rings. The molecule has 0 radical (unpaired) electrons. The summed E-state index contributed by atoms with van der Waals surface area (Å²) >= 11 is 0. The highest BCUT2D eigenvalue weighted by atomic mass is 32.2. The van der Waals surface area contributed by atoms with E-state index in [1.54, 1.807) is 11.0 Å². The minimum Gasteiger partial charge on any atom is -0.336 e. The summed E-state index contributed by atoms with van der Waals surface area (Å²) in [5.74, 6) is 0.242. The number of aryl methyl sites for hydroxylation is 2. The van der Waals surface area contributed by atoms with E-state index in [2.05, 4.69) is 16.1 Å². The molecule has 3 amide bonds. The zero-order valence-corrected chi connectivity index (χ0v) is 18.5. The van der Waals surface area contributed by atoms with Crippen LogP contribution in [0.4, 0.5) is 10.5 Å². The lowest BCUT2D eigenvalue weighted by molar-refractivity contribution is -0.132. The summed E-state index contributed by atoms with van der Waals surface area (Å²) < 4.78 is 27.2. The first-order chi connectivity index (χ1) is 14.9. The molecule has 2 N–H and O–H groups in total. The van der Waals surface area contributed by atoms with Gasteiger partial charge in [-0.1, -0.05) is 6.07 Å². The smallest absolute Gasteiger partial charge is 0.333 e. The van der Waals surface area contributed by atoms with Gasteiger partial charge in [-0.3, -0.25) is 4.79 Å². The minimum absolute atomic E-state index is 0.115. The standard InChI is InChI=1S/C23H29N3O4S/c27-22(15-9-10-15)26-12-3-6-18(26)11-13-31(29,30)25-23(28)24-21-19-7-1-4-16(19)14-17-5-2-8-20(17)21/h11,13-15,18H,1-10,12H2,(H2,24,25,28)/b13-11+. The van der Waals surface area contributed by atoms with Crippen LogP contribution in [0.25, 0.3) is 0 Å². The van der Waals surface area contributed by atoms with Crippen molar-refractivity contribution in [3.63, 3.8) is 0 Å². The molecule has 3 aliphatic carbocycles. The third-order valence-corrected chi connectivity index (χ3v) is 7.92. The third kappa shape index (κ3) is 4.22. The second-order valence-electron chi connectivity index (χ2n) is 9.18. The molecule has 166 valence electrons. The Morgan fingerprint density at radius 1 is 0.968 bits per heavy atom. The highest BCUT2D eigenvalue weighted by Gasteiger charge is 2.37. The van der Waals surface area contributed by atoms with Gasteiger partial charge in [0, 0.05) is 23.6 Å². The molecule has 4 aliphatic rings. The Morgan fingerprint density at radius 3 is 2.29 bits per heavy atom. The van der Waals surface area contributed by atoms with Gasteiger partial charge >= 0.3 is 6.03 Å². The maximum atomic E-state index is 12.6. The molecule has 0 aromatic heterocycles. The summed E-state index contributed by atoms with van der Waals surface area (Å²) in [7, 11) is -3.95. The van der Waals surface area contributed by atoms with Gasteiger partial charge in [-0.25, -0.2) is 17.9 Å². The molecule has 1 heterocycles. The quantitative estimate of drug-likeness (QED) is 0.731. The average molecular weight is 444 g/mol. The molecule has 1 atom stereocenters. The Kier molecular flexibility index (Phi) is 5.28. The summed E-state index contributed by atoms with van der Waals surface area (Å²) in [6, 6.07) is 1.33. The van der Waals surface area contributed by atoms with Crippen LogP contribution in [0.15, 0.2) is 17.6 Å². The van der Waals surface area contributed by atoms with E-state index < -0.39 is 16.1 Å². The van der Waals surface area contributed by atoms with Crippen molar-refractivity contribution in [3.05, 3.63) is 39.8 Å². The molecule has 1 saturated carbocycles. The number of nitrogens with one attached hydrogen (secondary N) is 2. The van der Waals surface area contributed by atoms with E-state index in [1.165, 1.54) is 11.1 Å². The first-order valence-corrected chi connectivity index (χ1v) is 12.9. The number of carbonyl (C=O) groups excluding carboxylic acids is 2. The lowest BCUT2D eigenvalue weighted by atomic mass is 9.99. The monoisotopic (exact) mass is 443 g/mol. The van der Waals surface area contributed by atoms with E-state index in [-0.39, 0.29) is 17.9 Å². The minimum atomic E-state index is -3.95. The largest absolute Gasteiger partial charge is 0.336 e. The van der Waals surface area contributed by atoms with Crippen LogP contribution < -0.4 is 10.0 Å². The Morgan fingerprint density at radius 2 is 1.65 bits per heavy atom. The maximum Gasteiger partial charge on any atom is 0.333 e. The van der Waals surface area contributed by atoms with Gasteiger partial charge in [0.2, 0.25) is 5.91 Å². The van der Waals surface area contributed by atoms with E-state index in [0.717, 1.165) is 86.4 Å². The summed E-state index contributed by atoms with van der Waals surface area (Å²) in [6.45, 7) is 0.669. The van der Waals surface area contributed by atoms with Gasteiger partial charge in [-0.15, -0.1) is 0 Å². The van der Waals surface area contributed by atoms with Gasteiger partial charge in [0.1, 0.15) is 0 Å². The molecule has 0 bridgehead atoms. The molecule has 1 aromatic carbocycles. The lowest BCUT2D eigenvalue weighted by Crippen LogP contribution is -2.36. The first kappa shape index (κ1) is 20.5. The topological polar surface area (TPSA) is 95.6 Å². The number of nitrogens with zero attached hydrogens (tertiary/aromatic N) is 1. The van der Waals surface area contributed by atoms with Gasteiger partial charge in [0.15, 0.2) is 0 Å². The number of hydrogen-bond donors (Lipinski definition) is 2. The number of carbonyl (C=O) groups is 2. The Bertz CT molecular complexity index is 1030. The zero-order chi connectivity index (χ0) is 21.6. The Balaban J connectivity index is 1.27. The zero-order valence-electron chi connectivity index (χ0n) is 17.7. The van der Waals surface area contributed by atoms with Gasteiger partial charge < -0.3 is 10.2 Å². The van der Waals surface area contributed by atoms with Crippen LogP contribution in [-0.4, -0.2) is 37.8 Å². The molecule has 1 unspecified atom stereocenters. The highest BCUT2D eigenvalue weighted by Crippen LogP contribution is 2.38. The van der Waals surface area contributed by atoms with E-state index in [9.17, 15) is 18.0 Å². The predicted molar refractivity (Wildman–Crippen MR) is 118 cm³/mol. The van der Waals surface area contributed by atoms with Crippen LogP contribution in [0.5, 0.6) is 0 Å². The number of sulfonamides is 1. The second-order valence-corrected chi connectivity index (χ2v) is 10.7. The number of likely N-dealkylation sites (tertiary alicyclic amines) is 1. The number of benzene rings is 1. The van der Waals surface area contributed by atoms with Crippen LogP contribution in [0.3, 0.4) is 0 Å². The van der Waals surface area contributed by atoms with Crippen molar-refractivity contribution >= 4 is 27.6 Å². The van der Waals surface area contributed by atoms with Crippen molar-refractivity contribution in [2.75, 3.05) is 11.9 Å². The van der Waals surface area contributed by atoms with Crippen molar-refractivity contribution in [2.24, 2.45) is 5.92 Å². The molecular weight excluding hydrogens is 414 g/mol. The SMILES string of the molecule is O=C(Nc1c2c(cc3c1CCC3)CCC2)NS(=O)(=O)/C=C/C1CCCN1C(=O)C1CC1. The number of urea groups is 1. The fourth-order valence-corrected chi connectivity index (χ4v) is 6.06. The van der Waals surface area contributed by atoms with Crippen molar-refractivity contribution in [1.29, 1.82) is 0 Å². The van der Waals surface area contributed by atoms with Gasteiger partial charge in [-0.2, -0.15) is 0 Å². The molecule has 31 heavy (non-hydrogen) atoms.